The van der Waals surface area contributed by atoms with E-state index in [9.17, 15) is 0 Å². The normalized spacial score (nSPS) is 11.0. The van der Waals surface area contributed by atoms with Crippen LogP contribution >= 0.6 is 0 Å². The van der Waals surface area contributed by atoms with Crippen molar-refractivity contribution in [2.45, 2.75) is 6.92 Å². The summed E-state index contributed by atoms with van der Waals surface area (Å²) < 4.78 is 7.26. The molecule has 0 radical (unpaired) electrons. The third-order valence-electron chi connectivity index (χ3n) is 3.75. The zero-order chi connectivity index (χ0) is 15.8. The van der Waals surface area contributed by atoms with Crippen molar-refractivity contribution in [2.75, 3.05) is 12.4 Å². The summed E-state index contributed by atoms with van der Waals surface area (Å²) in [7, 11) is 1.65. The fourth-order valence-corrected chi connectivity index (χ4v) is 2.63. The summed E-state index contributed by atoms with van der Waals surface area (Å²) in [5.41, 5.74) is 3.62. The summed E-state index contributed by atoms with van der Waals surface area (Å²) in [5.74, 6) is 1.40. The molecule has 0 aliphatic heterocycles. The number of para-hydroxylation sites is 1. The molecule has 0 atom stereocenters. The fourth-order valence-electron chi connectivity index (χ4n) is 2.63. The highest BCUT2D eigenvalue weighted by atomic mass is 16.5. The highest BCUT2D eigenvalue weighted by Gasteiger charge is 2.11. The molecule has 6 nitrogen and oxygen atoms in total. The van der Waals surface area contributed by atoms with Crippen molar-refractivity contribution in [3.8, 4) is 5.75 Å². The van der Waals surface area contributed by atoms with Gasteiger partial charge in [0, 0.05) is 5.39 Å². The van der Waals surface area contributed by atoms with E-state index in [4.69, 9.17) is 9.72 Å². The van der Waals surface area contributed by atoms with Gasteiger partial charge in [0.2, 0.25) is 5.95 Å². The summed E-state index contributed by atoms with van der Waals surface area (Å²) in [6.07, 6.45) is 1.65. The quantitative estimate of drug-likeness (QED) is 0.629. The molecule has 6 heteroatoms. The molecule has 4 rings (SSSR count). The summed E-state index contributed by atoms with van der Waals surface area (Å²) in [6, 6.07) is 13.8. The van der Waals surface area contributed by atoms with Gasteiger partial charge in [0.15, 0.2) is 5.65 Å². The Balaban J connectivity index is 1.91. The zero-order valence-electron chi connectivity index (χ0n) is 12.8. The Morgan fingerprint density at radius 3 is 2.87 bits per heavy atom. The maximum Gasteiger partial charge on any atom is 0.215 e. The van der Waals surface area contributed by atoms with Crippen molar-refractivity contribution < 1.29 is 4.74 Å². The van der Waals surface area contributed by atoms with Gasteiger partial charge in [-0.2, -0.15) is 0 Å². The molecule has 0 saturated carbocycles. The Kier molecular flexibility index (Phi) is 3.08. The van der Waals surface area contributed by atoms with Crippen molar-refractivity contribution in [1.29, 1.82) is 0 Å². The van der Waals surface area contributed by atoms with Crippen molar-refractivity contribution in [1.82, 2.24) is 19.6 Å². The molecule has 0 bridgehead atoms. The Bertz CT molecular complexity index is 1010. The van der Waals surface area contributed by atoms with Crippen LogP contribution in [-0.4, -0.2) is 26.7 Å². The number of methoxy groups -OCH3 is 1. The number of nitrogens with one attached hydrogen (secondary N) is 1. The number of ether oxygens (including phenoxy) is 1. The molecular weight excluding hydrogens is 290 g/mol. The molecule has 23 heavy (non-hydrogen) atoms. The van der Waals surface area contributed by atoms with Crippen molar-refractivity contribution >= 4 is 28.2 Å². The van der Waals surface area contributed by atoms with Crippen LogP contribution < -0.4 is 10.1 Å². The predicted molar refractivity (Wildman–Crippen MR) is 89.3 cm³/mol. The third kappa shape index (κ3) is 2.24. The fraction of sp³-hybridized carbons (Fsp3) is 0.118. The van der Waals surface area contributed by atoms with Gasteiger partial charge in [-0.25, -0.2) is 4.98 Å². The summed E-state index contributed by atoms with van der Waals surface area (Å²) in [6.45, 7) is 2.03. The van der Waals surface area contributed by atoms with Crippen LogP contribution in [0.1, 0.15) is 5.56 Å². The van der Waals surface area contributed by atoms with Crippen LogP contribution in [0.2, 0.25) is 0 Å². The Morgan fingerprint density at radius 1 is 1.13 bits per heavy atom. The molecule has 0 aliphatic carbocycles. The van der Waals surface area contributed by atoms with Crippen LogP contribution in [0.3, 0.4) is 0 Å². The average molecular weight is 305 g/mol. The van der Waals surface area contributed by atoms with Gasteiger partial charge in [0.05, 0.1) is 18.3 Å². The largest absolute Gasteiger partial charge is 0.495 e. The van der Waals surface area contributed by atoms with Gasteiger partial charge in [0.25, 0.3) is 0 Å². The van der Waals surface area contributed by atoms with E-state index >= 15 is 0 Å². The van der Waals surface area contributed by atoms with Crippen molar-refractivity contribution in [3.05, 3.63) is 54.4 Å². The summed E-state index contributed by atoms with van der Waals surface area (Å²) in [4.78, 5) is 4.69. The molecule has 2 aromatic heterocycles. The van der Waals surface area contributed by atoms with E-state index in [1.165, 1.54) is 0 Å². The first kappa shape index (κ1) is 13.5. The number of rotatable bonds is 3. The highest BCUT2D eigenvalue weighted by Crippen LogP contribution is 2.29. The first-order valence-corrected chi connectivity index (χ1v) is 7.26. The van der Waals surface area contributed by atoms with E-state index in [0.29, 0.717) is 5.95 Å². The van der Waals surface area contributed by atoms with E-state index in [0.717, 1.165) is 33.6 Å². The molecule has 0 unspecified atom stereocenters. The number of aromatic nitrogens is 4. The number of fused-ring (bicyclic) bond motifs is 3. The Morgan fingerprint density at radius 2 is 2.00 bits per heavy atom. The minimum Gasteiger partial charge on any atom is -0.495 e. The van der Waals surface area contributed by atoms with Crippen LogP contribution in [-0.2, 0) is 0 Å². The maximum absolute atomic E-state index is 5.42. The predicted octanol–water partition coefficient (Wildman–Crippen LogP) is 3.34. The molecule has 0 saturated heterocycles. The second kappa shape index (κ2) is 5.24. The second-order valence-electron chi connectivity index (χ2n) is 5.31. The lowest BCUT2D eigenvalue weighted by Crippen LogP contribution is -2.03. The topological polar surface area (TPSA) is 64.3 Å². The lowest BCUT2D eigenvalue weighted by molar-refractivity contribution is 0.416. The maximum atomic E-state index is 5.42. The first-order chi connectivity index (χ1) is 11.3. The Hall–Kier alpha value is -3.15. The van der Waals surface area contributed by atoms with Crippen LogP contribution in [0.4, 0.5) is 11.6 Å². The minimum absolute atomic E-state index is 0.646. The molecule has 2 heterocycles. The summed E-state index contributed by atoms with van der Waals surface area (Å²) in [5, 5.41) is 12.5. The van der Waals surface area contributed by atoms with Crippen LogP contribution in [0.15, 0.2) is 48.8 Å². The number of hydrogen-bond donors (Lipinski definition) is 1. The first-order valence-electron chi connectivity index (χ1n) is 7.26. The lowest BCUT2D eigenvalue weighted by Gasteiger charge is -2.13. The van der Waals surface area contributed by atoms with Gasteiger partial charge in [-0.15, -0.1) is 10.2 Å². The Labute approximate surface area is 132 Å². The van der Waals surface area contributed by atoms with Gasteiger partial charge in [-0.05, 0) is 36.8 Å². The van der Waals surface area contributed by atoms with Gasteiger partial charge in [-0.3, -0.25) is 4.40 Å². The van der Waals surface area contributed by atoms with E-state index < -0.39 is 0 Å². The zero-order valence-corrected chi connectivity index (χ0v) is 12.8. The van der Waals surface area contributed by atoms with Gasteiger partial charge >= 0.3 is 0 Å². The molecule has 0 amide bonds. The van der Waals surface area contributed by atoms with E-state index in [1.54, 1.807) is 13.4 Å². The molecular formula is C17H15N5O. The average Bonchev–Trinajstić information content (AvgIpc) is 3.05. The lowest BCUT2D eigenvalue weighted by atomic mass is 10.2. The van der Waals surface area contributed by atoms with E-state index in [-0.39, 0.29) is 0 Å². The molecule has 114 valence electrons. The molecule has 0 aliphatic rings. The third-order valence-corrected chi connectivity index (χ3v) is 3.75. The van der Waals surface area contributed by atoms with Crippen LogP contribution in [0.5, 0.6) is 5.75 Å². The van der Waals surface area contributed by atoms with Crippen LogP contribution in [0.25, 0.3) is 16.6 Å². The summed E-state index contributed by atoms with van der Waals surface area (Å²) >= 11 is 0. The molecule has 0 fully saturated rings. The van der Waals surface area contributed by atoms with Crippen LogP contribution in [0, 0.1) is 6.92 Å². The SMILES string of the molecule is COc1ccc(C)cc1Nc1nc2ccccc2c2nncn12. The highest BCUT2D eigenvalue weighted by molar-refractivity contribution is 5.92. The number of benzene rings is 2. The van der Waals surface area contributed by atoms with E-state index in [1.807, 2.05) is 53.8 Å². The standard InChI is InChI=1S/C17H15N5O/c1-11-7-8-15(23-2)14(9-11)20-17-19-13-6-4-3-5-12(13)16-21-18-10-22(16)17/h3-10H,1-2H3,(H,19,20). The number of hydrogen-bond acceptors (Lipinski definition) is 5. The smallest absolute Gasteiger partial charge is 0.215 e. The van der Waals surface area contributed by atoms with E-state index in [2.05, 4.69) is 15.5 Å². The van der Waals surface area contributed by atoms with Gasteiger partial charge in [0.1, 0.15) is 12.1 Å². The van der Waals surface area contributed by atoms with Crippen molar-refractivity contribution in [3.63, 3.8) is 0 Å². The monoisotopic (exact) mass is 305 g/mol. The molecule has 2 aromatic carbocycles. The molecule has 1 N–H and O–H groups in total. The van der Waals surface area contributed by atoms with Gasteiger partial charge in [-0.1, -0.05) is 18.2 Å². The minimum atomic E-state index is 0.646. The van der Waals surface area contributed by atoms with Gasteiger partial charge < -0.3 is 10.1 Å². The molecule has 0 spiro atoms. The van der Waals surface area contributed by atoms with Crippen molar-refractivity contribution in [2.24, 2.45) is 0 Å². The number of nitrogens with zero attached hydrogens (tertiary/aromatic N) is 4. The number of anilines is 2. The molecule has 4 aromatic rings. The second-order valence-corrected chi connectivity index (χ2v) is 5.31. The number of aryl methyl sites for hydroxylation is 1.